The molecule has 0 spiro atoms. The lowest BCUT2D eigenvalue weighted by atomic mass is 9.96. The first-order valence-corrected chi connectivity index (χ1v) is 7.19. The minimum absolute atomic E-state index is 0.288. The van der Waals surface area contributed by atoms with Crippen LogP contribution in [0.5, 0.6) is 0 Å². The molecule has 0 aliphatic carbocycles. The highest BCUT2D eigenvalue weighted by Gasteiger charge is 2.30. The van der Waals surface area contributed by atoms with E-state index in [1.54, 1.807) is 19.1 Å². The van der Waals surface area contributed by atoms with E-state index in [0.717, 1.165) is 10.5 Å². The van der Waals surface area contributed by atoms with Gasteiger partial charge in [-0.05, 0) is 42.2 Å². The largest absolute Gasteiger partial charge is 0.289 e. The van der Waals surface area contributed by atoms with Crippen LogP contribution in [-0.2, 0) is 25.6 Å². The minimum Gasteiger partial charge on any atom is -0.289 e. The third kappa shape index (κ3) is 2.38. The summed E-state index contributed by atoms with van der Waals surface area (Å²) in [5, 5.41) is 2.21. The standard InChI is InChI=1S/C17H14N2O4/c1-3-10-7-11(12-8-13(20)18-17(12)23)6-9(2)16(10)19-14(21)4-5-15(19)22/h4-8H,3H2,1-2H3,(H,18,20,23). The lowest BCUT2D eigenvalue weighted by molar-refractivity contribution is -0.123. The van der Waals surface area contributed by atoms with Crippen molar-refractivity contribution in [2.45, 2.75) is 20.3 Å². The van der Waals surface area contributed by atoms with E-state index in [0.29, 0.717) is 23.2 Å². The number of carbonyl (C=O) groups excluding carboxylic acids is 4. The second-order valence-corrected chi connectivity index (χ2v) is 5.38. The van der Waals surface area contributed by atoms with Gasteiger partial charge in [-0.1, -0.05) is 6.92 Å². The molecule has 0 atom stereocenters. The van der Waals surface area contributed by atoms with Crippen LogP contribution in [0.15, 0.2) is 30.4 Å². The molecule has 0 aromatic heterocycles. The van der Waals surface area contributed by atoms with Crippen molar-refractivity contribution in [3.05, 3.63) is 47.1 Å². The van der Waals surface area contributed by atoms with Gasteiger partial charge in [0.15, 0.2) is 0 Å². The number of benzene rings is 1. The smallest absolute Gasteiger partial charge is 0.258 e. The van der Waals surface area contributed by atoms with E-state index >= 15 is 0 Å². The fourth-order valence-corrected chi connectivity index (χ4v) is 2.84. The molecule has 2 aliphatic heterocycles. The molecule has 2 aliphatic rings. The van der Waals surface area contributed by atoms with E-state index in [2.05, 4.69) is 5.32 Å². The first kappa shape index (κ1) is 14.9. The summed E-state index contributed by atoms with van der Waals surface area (Å²) in [7, 11) is 0. The van der Waals surface area contributed by atoms with Crippen LogP contribution in [-0.4, -0.2) is 23.6 Å². The van der Waals surface area contributed by atoms with Crippen LogP contribution in [0, 0.1) is 6.92 Å². The Hall–Kier alpha value is -3.02. The van der Waals surface area contributed by atoms with Crippen LogP contribution in [0.3, 0.4) is 0 Å². The maximum absolute atomic E-state index is 11.9. The van der Waals surface area contributed by atoms with Crippen LogP contribution < -0.4 is 10.2 Å². The van der Waals surface area contributed by atoms with Gasteiger partial charge in [0.25, 0.3) is 23.6 Å². The molecule has 6 heteroatoms. The van der Waals surface area contributed by atoms with Crippen molar-refractivity contribution in [2.75, 3.05) is 4.90 Å². The number of nitrogens with zero attached hydrogens (tertiary/aromatic N) is 1. The predicted octanol–water partition coefficient (Wildman–Crippen LogP) is 1.03. The van der Waals surface area contributed by atoms with Gasteiger partial charge in [0.2, 0.25) is 0 Å². The summed E-state index contributed by atoms with van der Waals surface area (Å²) < 4.78 is 0. The van der Waals surface area contributed by atoms with Crippen LogP contribution in [0.4, 0.5) is 5.69 Å². The van der Waals surface area contributed by atoms with Gasteiger partial charge >= 0.3 is 0 Å². The fourth-order valence-electron chi connectivity index (χ4n) is 2.84. The van der Waals surface area contributed by atoms with Crippen molar-refractivity contribution in [1.29, 1.82) is 0 Å². The van der Waals surface area contributed by atoms with Crippen molar-refractivity contribution in [2.24, 2.45) is 0 Å². The second kappa shape index (κ2) is 5.31. The third-order valence-electron chi connectivity index (χ3n) is 3.86. The molecule has 23 heavy (non-hydrogen) atoms. The fraction of sp³-hybridized carbons (Fsp3) is 0.176. The highest BCUT2D eigenvalue weighted by Crippen LogP contribution is 2.32. The zero-order valence-electron chi connectivity index (χ0n) is 12.7. The number of rotatable bonds is 3. The number of carbonyl (C=O) groups is 4. The number of imide groups is 2. The first-order valence-electron chi connectivity index (χ1n) is 7.19. The number of aryl methyl sites for hydroxylation is 2. The van der Waals surface area contributed by atoms with Gasteiger partial charge in [-0.25, -0.2) is 4.90 Å². The molecule has 0 saturated carbocycles. The van der Waals surface area contributed by atoms with E-state index in [9.17, 15) is 19.2 Å². The van der Waals surface area contributed by atoms with E-state index < -0.39 is 11.8 Å². The molecule has 4 amide bonds. The average Bonchev–Trinajstić information content (AvgIpc) is 3.00. The second-order valence-electron chi connectivity index (χ2n) is 5.38. The molecular formula is C17H14N2O4. The zero-order chi connectivity index (χ0) is 16.7. The van der Waals surface area contributed by atoms with E-state index in [1.165, 1.54) is 18.2 Å². The summed E-state index contributed by atoms with van der Waals surface area (Å²) in [4.78, 5) is 48.1. The SMILES string of the molecule is CCc1cc(C2=CC(=O)NC2=O)cc(C)c1N1C(=O)C=CC1=O. The van der Waals surface area contributed by atoms with Crippen molar-refractivity contribution < 1.29 is 19.2 Å². The monoisotopic (exact) mass is 310 g/mol. The predicted molar refractivity (Wildman–Crippen MR) is 83.3 cm³/mol. The van der Waals surface area contributed by atoms with Gasteiger partial charge < -0.3 is 0 Å². The minimum atomic E-state index is -0.445. The molecule has 0 unspecified atom stereocenters. The molecule has 1 aromatic rings. The Labute approximate surface area is 132 Å². The third-order valence-corrected chi connectivity index (χ3v) is 3.86. The Bertz CT molecular complexity index is 815. The molecule has 6 nitrogen and oxygen atoms in total. The molecule has 0 saturated heterocycles. The van der Waals surface area contributed by atoms with Crippen molar-refractivity contribution in [1.82, 2.24) is 5.32 Å². The van der Waals surface area contributed by atoms with Crippen molar-refractivity contribution in [3.63, 3.8) is 0 Å². The first-order chi connectivity index (χ1) is 10.9. The molecule has 116 valence electrons. The van der Waals surface area contributed by atoms with Gasteiger partial charge in [-0.2, -0.15) is 0 Å². The van der Waals surface area contributed by atoms with Crippen LogP contribution in [0.2, 0.25) is 0 Å². The quantitative estimate of drug-likeness (QED) is 0.845. The normalized spacial score (nSPS) is 17.1. The van der Waals surface area contributed by atoms with E-state index in [4.69, 9.17) is 0 Å². The van der Waals surface area contributed by atoms with Crippen LogP contribution in [0.1, 0.15) is 23.6 Å². The summed E-state index contributed by atoms with van der Waals surface area (Å²) >= 11 is 0. The average molecular weight is 310 g/mol. The summed E-state index contributed by atoms with van der Waals surface area (Å²) in [6.45, 7) is 3.67. The molecule has 2 heterocycles. The van der Waals surface area contributed by atoms with Gasteiger partial charge in [-0.3, -0.25) is 24.5 Å². The van der Waals surface area contributed by atoms with E-state index in [1.807, 2.05) is 6.92 Å². The molecule has 3 rings (SSSR count). The summed E-state index contributed by atoms with van der Waals surface area (Å²) in [5.74, 6) is -1.65. The molecule has 0 fully saturated rings. The number of anilines is 1. The molecule has 1 aromatic carbocycles. The topological polar surface area (TPSA) is 83.6 Å². The Morgan fingerprint density at radius 1 is 1.04 bits per heavy atom. The summed E-state index contributed by atoms with van der Waals surface area (Å²) in [6.07, 6.45) is 4.30. The van der Waals surface area contributed by atoms with Gasteiger partial charge in [0.1, 0.15) is 0 Å². The van der Waals surface area contributed by atoms with E-state index in [-0.39, 0.29) is 17.4 Å². The van der Waals surface area contributed by atoms with Gasteiger partial charge in [0, 0.05) is 18.2 Å². The number of hydrogen-bond donors (Lipinski definition) is 1. The van der Waals surface area contributed by atoms with Gasteiger partial charge in [0.05, 0.1) is 11.3 Å². The molecule has 0 radical (unpaired) electrons. The maximum Gasteiger partial charge on any atom is 0.258 e. The maximum atomic E-state index is 11.9. The van der Waals surface area contributed by atoms with Crippen LogP contribution in [0.25, 0.3) is 5.57 Å². The number of hydrogen-bond acceptors (Lipinski definition) is 4. The Morgan fingerprint density at radius 2 is 1.70 bits per heavy atom. The Morgan fingerprint density at radius 3 is 2.22 bits per heavy atom. The lowest BCUT2D eigenvalue weighted by Gasteiger charge is -2.21. The Balaban J connectivity index is 2.13. The van der Waals surface area contributed by atoms with Crippen molar-refractivity contribution >= 4 is 34.9 Å². The summed E-state index contributed by atoms with van der Waals surface area (Å²) in [6, 6.07) is 3.45. The highest BCUT2D eigenvalue weighted by atomic mass is 16.2. The molecule has 1 N–H and O–H groups in total. The number of nitrogens with one attached hydrogen (secondary N) is 1. The number of amides is 4. The summed E-state index contributed by atoms with van der Waals surface area (Å²) in [5.41, 5.74) is 2.88. The Kier molecular flexibility index (Phi) is 3.44. The lowest BCUT2D eigenvalue weighted by Crippen LogP contribution is -2.31. The van der Waals surface area contributed by atoms with Crippen LogP contribution >= 0.6 is 0 Å². The van der Waals surface area contributed by atoms with Crippen molar-refractivity contribution in [3.8, 4) is 0 Å². The molecule has 0 bridgehead atoms. The zero-order valence-corrected chi connectivity index (χ0v) is 12.7. The highest BCUT2D eigenvalue weighted by molar-refractivity contribution is 6.34. The molecular weight excluding hydrogens is 296 g/mol. The van der Waals surface area contributed by atoms with Gasteiger partial charge in [-0.15, -0.1) is 0 Å².